The fraction of sp³-hybridized carbons (Fsp3) is 0.111. The van der Waals surface area contributed by atoms with E-state index >= 15 is 0 Å². The largest absolute Gasteiger partial charge is 0.320 e. The van der Waals surface area contributed by atoms with Crippen LogP contribution in [0.15, 0.2) is 59.1 Å². The van der Waals surface area contributed by atoms with Crippen molar-refractivity contribution in [1.82, 2.24) is 0 Å². The highest BCUT2D eigenvalue weighted by Crippen LogP contribution is 2.26. The molecule has 3 aromatic rings. The second-order valence-electron chi connectivity index (χ2n) is 5.29. The third-order valence-corrected chi connectivity index (χ3v) is 4.10. The third-order valence-electron chi connectivity index (χ3n) is 3.61. The van der Waals surface area contributed by atoms with Gasteiger partial charge in [-0.1, -0.05) is 40.2 Å². The van der Waals surface area contributed by atoms with Crippen LogP contribution in [0.5, 0.6) is 0 Å². The molecule has 0 heterocycles. The Morgan fingerprint density at radius 3 is 2.38 bits per heavy atom. The number of fused-ring (bicyclic) bond motifs is 1. The highest BCUT2D eigenvalue weighted by molar-refractivity contribution is 9.10. The molecule has 2 N–H and O–H groups in total. The summed E-state index contributed by atoms with van der Waals surface area (Å²) in [5.41, 5.74) is 8.96. The summed E-state index contributed by atoms with van der Waals surface area (Å²) in [4.78, 5) is 0. The van der Waals surface area contributed by atoms with E-state index in [4.69, 9.17) is 5.73 Å². The van der Waals surface area contributed by atoms with Gasteiger partial charge in [0.15, 0.2) is 0 Å². The standard InChI is InChI=1S/C18H15BrFN/c1-11-6-15(10-17(20)7-11)18(21)14-3-2-13-9-16(19)5-4-12(13)8-14/h2-10,18H,21H2,1H3. The Morgan fingerprint density at radius 2 is 1.62 bits per heavy atom. The molecular weight excluding hydrogens is 329 g/mol. The van der Waals surface area contributed by atoms with Crippen molar-refractivity contribution in [1.29, 1.82) is 0 Å². The molecule has 0 aliphatic heterocycles. The first-order chi connectivity index (χ1) is 10.0. The molecule has 21 heavy (non-hydrogen) atoms. The number of halogens is 2. The SMILES string of the molecule is Cc1cc(F)cc(C(N)c2ccc3cc(Br)ccc3c2)c1. The Kier molecular flexibility index (Phi) is 3.79. The minimum absolute atomic E-state index is 0.245. The Morgan fingerprint density at radius 1 is 0.905 bits per heavy atom. The van der Waals surface area contributed by atoms with Gasteiger partial charge in [0.2, 0.25) is 0 Å². The monoisotopic (exact) mass is 343 g/mol. The van der Waals surface area contributed by atoms with Crippen molar-refractivity contribution in [3.05, 3.63) is 81.6 Å². The van der Waals surface area contributed by atoms with Gasteiger partial charge >= 0.3 is 0 Å². The van der Waals surface area contributed by atoms with Crippen LogP contribution in [0.3, 0.4) is 0 Å². The van der Waals surface area contributed by atoms with E-state index in [0.717, 1.165) is 31.9 Å². The Balaban J connectivity index is 2.04. The first-order valence-corrected chi connectivity index (χ1v) is 7.54. The van der Waals surface area contributed by atoms with Crippen molar-refractivity contribution in [3.8, 4) is 0 Å². The molecule has 1 unspecified atom stereocenters. The molecule has 0 saturated heterocycles. The van der Waals surface area contributed by atoms with Crippen molar-refractivity contribution >= 4 is 26.7 Å². The van der Waals surface area contributed by atoms with Crippen molar-refractivity contribution in [2.75, 3.05) is 0 Å². The molecule has 0 aliphatic rings. The molecule has 0 saturated carbocycles. The molecule has 0 spiro atoms. The van der Waals surface area contributed by atoms with E-state index in [1.54, 1.807) is 0 Å². The van der Waals surface area contributed by atoms with Crippen LogP contribution >= 0.6 is 15.9 Å². The average Bonchev–Trinajstić information content (AvgIpc) is 2.45. The normalized spacial score (nSPS) is 12.6. The first kappa shape index (κ1) is 14.2. The second kappa shape index (κ2) is 5.58. The van der Waals surface area contributed by atoms with E-state index in [0.29, 0.717) is 0 Å². The molecule has 1 nitrogen and oxygen atoms in total. The van der Waals surface area contributed by atoms with Crippen LogP contribution in [0.1, 0.15) is 22.7 Å². The maximum atomic E-state index is 13.5. The summed E-state index contributed by atoms with van der Waals surface area (Å²) in [7, 11) is 0. The van der Waals surface area contributed by atoms with Gasteiger partial charge in [-0.15, -0.1) is 0 Å². The van der Waals surface area contributed by atoms with E-state index in [1.165, 1.54) is 12.1 Å². The number of hydrogen-bond acceptors (Lipinski definition) is 1. The minimum Gasteiger partial charge on any atom is -0.320 e. The summed E-state index contributed by atoms with van der Waals surface area (Å²) >= 11 is 3.47. The predicted molar refractivity (Wildman–Crippen MR) is 88.8 cm³/mol. The van der Waals surface area contributed by atoms with Crippen LogP contribution in [0.25, 0.3) is 10.8 Å². The van der Waals surface area contributed by atoms with Crippen LogP contribution in [-0.4, -0.2) is 0 Å². The summed E-state index contributed by atoms with van der Waals surface area (Å²) in [5.74, 6) is -0.245. The smallest absolute Gasteiger partial charge is 0.123 e. The lowest BCUT2D eigenvalue weighted by atomic mass is 9.96. The summed E-state index contributed by atoms with van der Waals surface area (Å²) in [6.45, 7) is 1.87. The van der Waals surface area contributed by atoms with Crippen molar-refractivity contribution in [2.45, 2.75) is 13.0 Å². The number of hydrogen-bond donors (Lipinski definition) is 1. The Labute approximate surface area is 131 Å². The molecule has 3 heteroatoms. The van der Waals surface area contributed by atoms with E-state index in [1.807, 2.05) is 37.3 Å². The van der Waals surface area contributed by atoms with Gasteiger partial charge in [0.25, 0.3) is 0 Å². The summed E-state index contributed by atoms with van der Waals surface area (Å²) in [6.07, 6.45) is 0. The van der Waals surface area contributed by atoms with Crippen molar-refractivity contribution in [3.63, 3.8) is 0 Å². The lowest BCUT2D eigenvalue weighted by molar-refractivity contribution is 0.622. The fourth-order valence-electron chi connectivity index (χ4n) is 2.57. The fourth-order valence-corrected chi connectivity index (χ4v) is 2.94. The number of benzene rings is 3. The molecule has 0 amide bonds. The van der Waals surface area contributed by atoms with E-state index in [2.05, 4.69) is 28.1 Å². The van der Waals surface area contributed by atoms with Gasteiger partial charge in [-0.05, 0) is 64.7 Å². The molecule has 0 bridgehead atoms. The van der Waals surface area contributed by atoms with E-state index < -0.39 is 0 Å². The molecule has 0 aliphatic carbocycles. The zero-order chi connectivity index (χ0) is 15.0. The maximum absolute atomic E-state index is 13.5. The van der Waals surface area contributed by atoms with Gasteiger partial charge in [-0.25, -0.2) is 4.39 Å². The quantitative estimate of drug-likeness (QED) is 0.688. The number of aryl methyl sites for hydroxylation is 1. The van der Waals surface area contributed by atoms with Crippen LogP contribution in [0.4, 0.5) is 4.39 Å². The zero-order valence-electron chi connectivity index (χ0n) is 11.6. The summed E-state index contributed by atoms with van der Waals surface area (Å²) in [6, 6.07) is 16.8. The van der Waals surface area contributed by atoms with Gasteiger partial charge in [-0.3, -0.25) is 0 Å². The van der Waals surface area contributed by atoms with Crippen LogP contribution in [0, 0.1) is 12.7 Å². The molecule has 0 radical (unpaired) electrons. The number of nitrogens with two attached hydrogens (primary N) is 1. The minimum atomic E-state index is -0.326. The maximum Gasteiger partial charge on any atom is 0.123 e. The molecule has 0 aromatic heterocycles. The van der Waals surface area contributed by atoms with Gasteiger partial charge in [0.1, 0.15) is 5.82 Å². The Bertz CT molecular complexity index is 793. The van der Waals surface area contributed by atoms with E-state index in [-0.39, 0.29) is 11.9 Å². The van der Waals surface area contributed by atoms with Crippen molar-refractivity contribution < 1.29 is 4.39 Å². The second-order valence-corrected chi connectivity index (χ2v) is 6.21. The average molecular weight is 344 g/mol. The molecule has 3 aromatic carbocycles. The summed E-state index contributed by atoms with van der Waals surface area (Å²) < 4.78 is 14.6. The van der Waals surface area contributed by atoms with Gasteiger partial charge in [0.05, 0.1) is 6.04 Å². The number of rotatable bonds is 2. The lowest BCUT2D eigenvalue weighted by Gasteiger charge is -2.14. The van der Waals surface area contributed by atoms with Crippen molar-refractivity contribution in [2.24, 2.45) is 5.73 Å². The predicted octanol–water partition coefficient (Wildman–Crippen LogP) is 5.10. The van der Waals surface area contributed by atoms with Crippen LogP contribution in [-0.2, 0) is 0 Å². The first-order valence-electron chi connectivity index (χ1n) is 6.75. The highest BCUT2D eigenvalue weighted by atomic mass is 79.9. The molecule has 3 rings (SSSR count). The molecule has 1 atom stereocenters. The lowest BCUT2D eigenvalue weighted by Crippen LogP contribution is -2.12. The zero-order valence-corrected chi connectivity index (χ0v) is 13.2. The Hall–Kier alpha value is -1.71. The molecule has 0 fully saturated rings. The van der Waals surface area contributed by atoms with Gasteiger partial charge in [-0.2, -0.15) is 0 Å². The van der Waals surface area contributed by atoms with Gasteiger partial charge in [0, 0.05) is 4.47 Å². The van der Waals surface area contributed by atoms with Gasteiger partial charge < -0.3 is 5.73 Å². The van der Waals surface area contributed by atoms with Crippen LogP contribution < -0.4 is 5.73 Å². The third kappa shape index (κ3) is 2.99. The highest BCUT2D eigenvalue weighted by Gasteiger charge is 2.11. The van der Waals surface area contributed by atoms with E-state index in [9.17, 15) is 4.39 Å². The van der Waals surface area contributed by atoms with Crippen LogP contribution in [0.2, 0.25) is 0 Å². The molecular formula is C18H15BrFN. The topological polar surface area (TPSA) is 26.0 Å². The summed E-state index contributed by atoms with van der Waals surface area (Å²) in [5, 5.41) is 2.27. The molecule has 106 valence electrons.